The summed E-state index contributed by atoms with van der Waals surface area (Å²) in [6, 6.07) is 10.2. The Morgan fingerprint density at radius 1 is 1.44 bits per heavy atom. The molecule has 1 aromatic rings. The molecule has 0 aromatic heterocycles. The van der Waals surface area contributed by atoms with Gasteiger partial charge in [0.05, 0.1) is 6.04 Å². The molecule has 86 valence electrons. The van der Waals surface area contributed by atoms with Crippen LogP contribution < -0.4 is 10.6 Å². The van der Waals surface area contributed by atoms with Gasteiger partial charge < -0.3 is 5.32 Å². The van der Waals surface area contributed by atoms with Gasteiger partial charge >= 0.3 is 0 Å². The van der Waals surface area contributed by atoms with Gasteiger partial charge in [0.25, 0.3) is 0 Å². The first-order valence-electron chi connectivity index (χ1n) is 5.49. The third-order valence-electron chi connectivity index (χ3n) is 2.59. The number of hydrogen-bond acceptors (Lipinski definition) is 3. The number of carbonyl (C=O) groups is 1. The molecule has 0 aliphatic carbocycles. The number of hydrogen-bond donors (Lipinski definition) is 2. The Morgan fingerprint density at radius 2 is 2.25 bits per heavy atom. The molecule has 0 bridgehead atoms. The molecular weight excluding hydrogens is 220 g/mol. The lowest BCUT2D eigenvalue weighted by molar-refractivity contribution is -0.122. The third kappa shape index (κ3) is 3.25. The van der Waals surface area contributed by atoms with Crippen LogP contribution in [0, 0.1) is 0 Å². The van der Waals surface area contributed by atoms with Crippen molar-refractivity contribution in [1.29, 1.82) is 0 Å². The van der Waals surface area contributed by atoms with E-state index in [9.17, 15) is 4.79 Å². The van der Waals surface area contributed by atoms with Gasteiger partial charge in [-0.25, -0.2) is 0 Å². The van der Waals surface area contributed by atoms with E-state index in [2.05, 4.69) is 22.8 Å². The molecule has 16 heavy (non-hydrogen) atoms. The van der Waals surface area contributed by atoms with E-state index in [1.165, 1.54) is 5.56 Å². The maximum absolute atomic E-state index is 11.6. The standard InChI is InChI=1S/C12H16N2OS/c15-12(11-8-16-9-14-11)13-7-6-10-4-2-1-3-5-10/h1-5,11,14H,6-9H2,(H,13,15). The van der Waals surface area contributed by atoms with Gasteiger partial charge in [-0.05, 0) is 12.0 Å². The van der Waals surface area contributed by atoms with Crippen molar-refractivity contribution in [3.8, 4) is 0 Å². The lowest BCUT2D eigenvalue weighted by Crippen LogP contribution is -2.42. The topological polar surface area (TPSA) is 41.1 Å². The van der Waals surface area contributed by atoms with Crippen molar-refractivity contribution in [3.05, 3.63) is 35.9 Å². The normalized spacial score (nSPS) is 19.6. The van der Waals surface area contributed by atoms with Crippen molar-refractivity contribution >= 4 is 17.7 Å². The zero-order valence-electron chi connectivity index (χ0n) is 9.11. The third-order valence-corrected chi connectivity index (χ3v) is 3.53. The van der Waals surface area contributed by atoms with E-state index < -0.39 is 0 Å². The monoisotopic (exact) mass is 236 g/mol. The predicted molar refractivity (Wildman–Crippen MR) is 67.4 cm³/mol. The molecule has 4 heteroatoms. The summed E-state index contributed by atoms with van der Waals surface area (Å²) in [6.07, 6.45) is 0.895. The molecule has 1 heterocycles. The molecule has 1 aliphatic heterocycles. The van der Waals surface area contributed by atoms with E-state index in [1.807, 2.05) is 18.2 Å². The molecule has 1 saturated heterocycles. The van der Waals surface area contributed by atoms with Crippen molar-refractivity contribution < 1.29 is 4.79 Å². The Bertz CT molecular complexity index is 336. The van der Waals surface area contributed by atoms with Gasteiger partial charge in [-0.3, -0.25) is 10.1 Å². The average Bonchev–Trinajstić information content (AvgIpc) is 2.84. The maximum atomic E-state index is 11.6. The zero-order chi connectivity index (χ0) is 11.2. The van der Waals surface area contributed by atoms with Crippen LogP contribution in [0.1, 0.15) is 5.56 Å². The molecular formula is C12H16N2OS. The highest BCUT2D eigenvalue weighted by Crippen LogP contribution is 2.09. The summed E-state index contributed by atoms with van der Waals surface area (Å²) in [7, 11) is 0. The SMILES string of the molecule is O=C(NCCc1ccccc1)C1CSCN1. The van der Waals surface area contributed by atoms with Crippen molar-refractivity contribution in [2.75, 3.05) is 18.2 Å². The first-order chi connectivity index (χ1) is 7.86. The van der Waals surface area contributed by atoms with Gasteiger partial charge in [-0.1, -0.05) is 30.3 Å². The van der Waals surface area contributed by atoms with Crippen molar-refractivity contribution in [1.82, 2.24) is 10.6 Å². The van der Waals surface area contributed by atoms with E-state index in [0.29, 0.717) is 6.54 Å². The van der Waals surface area contributed by atoms with E-state index in [1.54, 1.807) is 11.8 Å². The second-order valence-electron chi connectivity index (χ2n) is 3.80. The van der Waals surface area contributed by atoms with Crippen LogP contribution in [0.25, 0.3) is 0 Å². The summed E-state index contributed by atoms with van der Waals surface area (Å²) < 4.78 is 0. The summed E-state index contributed by atoms with van der Waals surface area (Å²) in [5.41, 5.74) is 1.26. The molecule has 1 fully saturated rings. The molecule has 0 spiro atoms. The van der Waals surface area contributed by atoms with Crippen molar-refractivity contribution in [2.45, 2.75) is 12.5 Å². The summed E-state index contributed by atoms with van der Waals surface area (Å²) in [5, 5.41) is 6.11. The molecule has 2 rings (SSSR count). The van der Waals surface area contributed by atoms with E-state index in [0.717, 1.165) is 18.1 Å². The number of benzene rings is 1. The quantitative estimate of drug-likeness (QED) is 0.819. The molecule has 1 aromatic carbocycles. The fourth-order valence-corrected chi connectivity index (χ4v) is 2.60. The molecule has 1 unspecified atom stereocenters. The zero-order valence-corrected chi connectivity index (χ0v) is 9.93. The van der Waals surface area contributed by atoms with Gasteiger partial charge in [0.2, 0.25) is 5.91 Å². The van der Waals surface area contributed by atoms with E-state index in [-0.39, 0.29) is 11.9 Å². The minimum Gasteiger partial charge on any atom is -0.354 e. The molecule has 1 atom stereocenters. The molecule has 0 radical (unpaired) electrons. The fourth-order valence-electron chi connectivity index (χ4n) is 1.66. The average molecular weight is 236 g/mol. The lowest BCUT2D eigenvalue weighted by atomic mass is 10.1. The van der Waals surface area contributed by atoms with Gasteiger partial charge in [0, 0.05) is 18.2 Å². The van der Waals surface area contributed by atoms with Gasteiger partial charge in [-0.2, -0.15) is 0 Å². The second-order valence-corrected chi connectivity index (χ2v) is 4.83. The van der Waals surface area contributed by atoms with E-state index >= 15 is 0 Å². The minimum absolute atomic E-state index is 0.000716. The maximum Gasteiger partial charge on any atom is 0.238 e. The summed E-state index contributed by atoms with van der Waals surface area (Å²) in [4.78, 5) is 11.6. The van der Waals surface area contributed by atoms with Crippen molar-refractivity contribution in [2.24, 2.45) is 0 Å². The largest absolute Gasteiger partial charge is 0.354 e. The predicted octanol–water partition coefficient (Wildman–Crippen LogP) is 1.01. The highest BCUT2D eigenvalue weighted by molar-refractivity contribution is 7.99. The smallest absolute Gasteiger partial charge is 0.238 e. The first kappa shape index (κ1) is 11.5. The van der Waals surface area contributed by atoms with Crippen LogP contribution in [-0.2, 0) is 11.2 Å². The minimum atomic E-state index is 0.000716. The van der Waals surface area contributed by atoms with Crippen LogP contribution in [0.2, 0.25) is 0 Å². The number of rotatable bonds is 4. The van der Waals surface area contributed by atoms with Crippen LogP contribution in [0.3, 0.4) is 0 Å². The first-order valence-corrected chi connectivity index (χ1v) is 6.64. The van der Waals surface area contributed by atoms with Gasteiger partial charge in [-0.15, -0.1) is 11.8 Å². The van der Waals surface area contributed by atoms with E-state index in [4.69, 9.17) is 0 Å². The van der Waals surface area contributed by atoms with Crippen LogP contribution in [0.4, 0.5) is 0 Å². The summed E-state index contributed by atoms with van der Waals surface area (Å²) >= 11 is 1.77. The van der Waals surface area contributed by atoms with Crippen LogP contribution >= 0.6 is 11.8 Å². The second kappa shape index (κ2) is 5.92. The molecule has 2 N–H and O–H groups in total. The Kier molecular flexibility index (Phi) is 4.25. The highest BCUT2D eigenvalue weighted by atomic mass is 32.2. The Balaban J connectivity index is 1.70. The van der Waals surface area contributed by atoms with Gasteiger partial charge in [0.15, 0.2) is 0 Å². The lowest BCUT2D eigenvalue weighted by Gasteiger charge is -2.10. The van der Waals surface area contributed by atoms with Crippen LogP contribution in [-0.4, -0.2) is 30.1 Å². The highest BCUT2D eigenvalue weighted by Gasteiger charge is 2.21. The van der Waals surface area contributed by atoms with Crippen molar-refractivity contribution in [3.63, 3.8) is 0 Å². The molecule has 1 aliphatic rings. The van der Waals surface area contributed by atoms with Crippen LogP contribution in [0.15, 0.2) is 30.3 Å². The molecule has 0 saturated carbocycles. The number of amides is 1. The fraction of sp³-hybridized carbons (Fsp3) is 0.417. The Hall–Kier alpha value is -1.00. The van der Waals surface area contributed by atoms with Gasteiger partial charge in [0.1, 0.15) is 0 Å². The summed E-state index contributed by atoms with van der Waals surface area (Å²) in [5.74, 6) is 1.90. The number of carbonyl (C=O) groups excluding carboxylic acids is 1. The molecule has 3 nitrogen and oxygen atoms in total. The Morgan fingerprint density at radius 3 is 2.94 bits per heavy atom. The Labute approximate surface area is 100.0 Å². The number of thioether (sulfide) groups is 1. The van der Waals surface area contributed by atoms with Crippen LogP contribution in [0.5, 0.6) is 0 Å². The molecule has 1 amide bonds. The number of nitrogens with one attached hydrogen (secondary N) is 2. The summed E-state index contributed by atoms with van der Waals surface area (Å²) in [6.45, 7) is 0.714.